The van der Waals surface area contributed by atoms with E-state index in [4.69, 9.17) is 29.1 Å². The number of hydrogen-bond donors (Lipinski definition) is 3. The zero-order valence-electron chi connectivity index (χ0n) is 21.7. The number of methoxy groups -OCH3 is 3. The summed E-state index contributed by atoms with van der Waals surface area (Å²) in [6.45, 7) is 0.0344. The SMILES string of the molecule is COc1ccc([C@@]23Oc4cc(OC)cc(OC)c4[C@]2(O)[C@@H](O)[C@@H](c2nnc(CN)o2)[C@H]3c2ccccc2)cc1. The maximum Gasteiger partial charge on any atom is 0.230 e. The number of nitrogens with zero attached hydrogens (tertiary/aromatic N) is 2. The standard InChI is InChI=1S/C29H29N3O7/c1-35-18-11-9-17(10-12-18)29-24(16-7-5-4-6-8-16)23(27-32-31-22(15-30)38-27)26(33)28(29,34)25-20(37-3)13-19(36-2)14-21(25)39-29/h4-14,23-24,26,33-34H,15,30H2,1-3H3/t23-,24+,26-,28-,29-/m0/s1. The van der Waals surface area contributed by atoms with Crippen LogP contribution in [0.1, 0.15) is 40.3 Å². The highest BCUT2D eigenvalue weighted by molar-refractivity contribution is 5.63. The van der Waals surface area contributed by atoms with Gasteiger partial charge in [-0.25, -0.2) is 0 Å². The minimum absolute atomic E-state index is 0.0344. The molecule has 0 amide bonds. The lowest BCUT2D eigenvalue weighted by molar-refractivity contribution is -0.151. The molecule has 0 spiro atoms. The summed E-state index contributed by atoms with van der Waals surface area (Å²) in [6, 6.07) is 20.1. The first-order valence-electron chi connectivity index (χ1n) is 12.5. The average molecular weight is 532 g/mol. The monoisotopic (exact) mass is 531 g/mol. The summed E-state index contributed by atoms with van der Waals surface area (Å²) < 4.78 is 29.4. The number of aliphatic hydroxyl groups is 2. The van der Waals surface area contributed by atoms with Crippen LogP contribution in [0.3, 0.4) is 0 Å². The Bertz CT molecular complexity index is 1490. The van der Waals surface area contributed by atoms with Crippen molar-refractivity contribution < 1.29 is 33.6 Å². The fraction of sp³-hybridized carbons (Fsp3) is 0.310. The van der Waals surface area contributed by atoms with Crippen LogP contribution < -0.4 is 24.7 Å². The number of aromatic nitrogens is 2. The molecule has 1 aliphatic carbocycles. The molecule has 39 heavy (non-hydrogen) atoms. The lowest BCUT2D eigenvalue weighted by Crippen LogP contribution is -2.52. The number of nitrogens with two attached hydrogens (primary N) is 1. The molecule has 0 saturated heterocycles. The highest BCUT2D eigenvalue weighted by Gasteiger charge is 2.78. The molecule has 10 heteroatoms. The largest absolute Gasteiger partial charge is 0.497 e. The van der Waals surface area contributed by atoms with Crippen LogP contribution in [0.15, 0.2) is 71.1 Å². The van der Waals surface area contributed by atoms with E-state index in [0.717, 1.165) is 5.56 Å². The summed E-state index contributed by atoms with van der Waals surface area (Å²) in [6.07, 6.45) is -1.46. The van der Waals surface area contributed by atoms with Gasteiger partial charge in [-0.05, 0) is 23.3 Å². The van der Waals surface area contributed by atoms with Gasteiger partial charge in [-0.15, -0.1) is 10.2 Å². The first-order chi connectivity index (χ1) is 18.9. The average Bonchev–Trinajstić information content (AvgIpc) is 3.61. The minimum Gasteiger partial charge on any atom is -0.497 e. The van der Waals surface area contributed by atoms with Crippen molar-refractivity contribution in [3.05, 3.63) is 95.2 Å². The number of ether oxygens (including phenoxy) is 4. The van der Waals surface area contributed by atoms with Crippen molar-refractivity contribution in [1.29, 1.82) is 0 Å². The second-order valence-corrected chi connectivity index (χ2v) is 9.63. The third kappa shape index (κ3) is 3.38. The third-order valence-corrected chi connectivity index (χ3v) is 7.90. The Morgan fingerprint density at radius 1 is 0.923 bits per heavy atom. The summed E-state index contributed by atoms with van der Waals surface area (Å²) in [5, 5.41) is 33.4. The third-order valence-electron chi connectivity index (χ3n) is 7.90. The molecule has 4 aromatic rings. The predicted octanol–water partition coefficient (Wildman–Crippen LogP) is 2.97. The molecule has 3 aromatic carbocycles. The lowest BCUT2D eigenvalue weighted by atomic mass is 9.70. The molecule has 1 aliphatic heterocycles. The second-order valence-electron chi connectivity index (χ2n) is 9.63. The van der Waals surface area contributed by atoms with Crippen molar-refractivity contribution in [2.45, 2.75) is 35.7 Å². The Balaban J connectivity index is 1.70. The number of benzene rings is 3. The van der Waals surface area contributed by atoms with E-state index >= 15 is 0 Å². The molecule has 202 valence electrons. The molecule has 0 radical (unpaired) electrons. The summed E-state index contributed by atoms with van der Waals surface area (Å²) in [7, 11) is 4.60. The number of aliphatic hydroxyl groups excluding tert-OH is 1. The molecule has 6 rings (SSSR count). The molecule has 0 bridgehead atoms. The van der Waals surface area contributed by atoms with Gasteiger partial charge in [-0.2, -0.15) is 0 Å². The van der Waals surface area contributed by atoms with Gasteiger partial charge in [-0.3, -0.25) is 0 Å². The summed E-state index contributed by atoms with van der Waals surface area (Å²) in [5.41, 5.74) is 3.89. The smallest absolute Gasteiger partial charge is 0.230 e. The van der Waals surface area contributed by atoms with E-state index in [0.29, 0.717) is 34.1 Å². The van der Waals surface area contributed by atoms with E-state index in [1.807, 2.05) is 42.5 Å². The van der Waals surface area contributed by atoms with Gasteiger partial charge in [0.15, 0.2) is 11.2 Å². The van der Waals surface area contributed by atoms with Crippen molar-refractivity contribution >= 4 is 0 Å². The maximum atomic E-state index is 12.9. The highest BCUT2D eigenvalue weighted by atomic mass is 16.5. The quantitative estimate of drug-likeness (QED) is 0.326. The number of rotatable bonds is 7. The van der Waals surface area contributed by atoms with E-state index in [1.165, 1.54) is 14.2 Å². The molecular formula is C29H29N3O7. The van der Waals surface area contributed by atoms with Crippen LogP contribution in [-0.4, -0.2) is 47.8 Å². The highest BCUT2D eigenvalue weighted by Crippen LogP contribution is 2.72. The molecule has 5 atom stereocenters. The van der Waals surface area contributed by atoms with Gasteiger partial charge in [0.1, 0.15) is 29.1 Å². The summed E-state index contributed by atoms with van der Waals surface area (Å²) in [5.74, 6) is 0.544. The maximum absolute atomic E-state index is 12.9. The summed E-state index contributed by atoms with van der Waals surface area (Å²) in [4.78, 5) is 0. The summed E-state index contributed by atoms with van der Waals surface area (Å²) >= 11 is 0. The van der Waals surface area contributed by atoms with E-state index in [1.54, 1.807) is 31.4 Å². The van der Waals surface area contributed by atoms with Crippen LogP contribution >= 0.6 is 0 Å². The second kappa shape index (κ2) is 9.26. The molecule has 4 N–H and O–H groups in total. The fourth-order valence-corrected chi connectivity index (χ4v) is 6.26. The zero-order chi connectivity index (χ0) is 27.4. The van der Waals surface area contributed by atoms with E-state index in [9.17, 15) is 10.2 Å². The molecule has 1 fully saturated rings. The van der Waals surface area contributed by atoms with Crippen molar-refractivity contribution in [2.24, 2.45) is 5.73 Å². The van der Waals surface area contributed by atoms with Crippen molar-refractivity contribution in [3.63, 3.8) is 0 Å². The van der Waals surface area contributed by atoms with Crippen LogP contribution in [0.4, 0.5) is 0 Å². The Morgan fingerprint density at radius 3 is 2.26 bits per heavy atom. The van der Waals surface area contributed by atoms with Gasteiger partial charge in [0.05, 0.1) is 39.4 Å². The molecular weight excluding hydrogens is 502 g/mol. The molecule has 0 unspecified atom stereocenters. The van der Waals surface area contributed by atoms with Crippen LogP contribution in [0.5, 0.6) is 23.0 Å². The fourth-order valence-electron chi connectivity index (χ4n) is 6.26. The van der Waals surface area contributed by atoms with Gasteiger partial charge in [-0.1, -0.05) is 42.5 Å². The lowest BCUT2D eigenvalue weighted by Gasteiger charge is -2.40. The van der Waals surface area contributed by atoms with Gasteiger partial charge in [0.2, 0.25) is 11.8 Å². The van der Waals surface area contributed by atoms with Crippen molar-refractivity contribution in [3.8, 4) is 23.0 Å². The van der Waals surface area contributed by atoms with E-state index in [2.05, 4.69) is 10.2 Å². The van der Waals surface area contributed by atoms with Gasteiger partial charge in [0.25, 0.3) is 0 Å². The molecule has 2 aliphatic rings. The predicted molar refractivity (Wildman–Crippen MR) is 139 cm³/mol. The molecule has 2 heterocycles. The van der Waals surface area contributed by atoms with E-state index < -0.39 is 29.1 Å². The van der Waals surface area contributed by atoms with Crippen LogP contribution in [0.25, 0.3) is 0 Å². The Labute approximate surface area is 224 Å². The molecule has 1 aromatic heterocycles. The Morgan fingerprint density at radius 2 is 1.64 bits per heavy atom. The first-order valence-corrected chi connectivity index (χ1v) is 12.5. The minimum atomic E-state index is -2.02. The van der Waals surface area contributed by atoms with E-state index in [-0.39, 0.29) is 18.3 Å². The van der Waals surface area contributed by atoms with Crippen LogP contribution in [-0.2, 0) is 17.7 Å². The Kier molecular flexibility index (Phi) is 5.98. The van der Waals surface area contributed by atoms with Gasteiger partial charge < -0.3 is 39.3 Å². The number of hydrogen-bond acceptors (Lipinski definition) is 10. The van der Waals surface area contributed by atoms with Crippen LogP contribution in [0.2, 0.25) is 0 Å². The van der Waals surface area contributed by atoms with Gasteiger partial charge >= 0.3 is 0 Å². The van der Waals surface area contributed by atoms with Crippen molar-refractivity contribution in [2.75, 3.05) is 21.3 Å². The number of fused-ring (bicyclic) bond motifs is 3. The van der Waals surface area contributed by atoms with Gasteiger partial charge in [0, 0.05) is 18.1 Å². The zero-order valence-corrected chi connectivity index (χ0v) is 21.7. The molecule has 10 nitrogen and oxygen atoms in total. The van der Waals surface area contributed by atoms with Crippen molar-refractivity contribution in [1.82, 2.24) is 10.2 Å². The first kappa shape index (κ1) is 25.2. The normalized spacial score (nSPS) is 27.0. The molecule has 1 saturated carbocycles. The van der Waals surface area contributed by atoms with Crippen LogP contribution in [0, 0.1) is 0 Å². The Hall–Kier alpha value is -4.12. The topological polar surface area (TPSA) is 142 Å².